The fourth-order valence-corrected chi connectivity index (χ4v) is 4.10. The third kappa shape index (κ3) is 2.87. The number of benzene rings is 1. The Balaban J connectivity index is 2.45. The molecule has 0 fully saturated rings. The van der Waals surface area contributed by atoms with Gasteiger partial charge in [0.15, 0.2) is 0 Å². The molecule has 5 nitrogen and oxygen atoms in total. The Morgan fingerprint density at radius 2 is 1.52 bits per heavy atom. The van der Waals surface area contributed by atoms with Crippen molar-refractivity contribution in [3.8, 4) is 0 Å². The molecule has 0 aliphatic heterocycles. The zero-order chi connectivity index (χ0) is 15.8. The lowest BCUT2D eigenvalue weighted by Gasteiger charge is -2.18. The maximum absolute atomic E-state index is 12.6. The van der Waals surface area contributed by atoms with Gasteiger partial charge in [0.25, 0.3) is 0 Å². The van der Waals surface area contributed by atoms with E-state index in [1.165, 1.54) is 6.33 Å². The molecule has 21 heavy (non-hydrogen) atoms. The molecule has 2 aromatic rings. The number of nitrogens with one attached hydrogen (secondary N) is 2. The normalized spacial score (nSPS) is 11.9. The van der Waals surface area contributed by atoms with Crippen LogP contribution in [0.1, 0.15) is 33.5 Å². The Morgan fingerprint density at radius 1 is 1.00 bits per heavy atom. The number of sulfonamides is 1. The second-order valence-electron chi connectivity index (χ2n) is 5.36. The van der Waals surface area contributed by atoms with Crippen LogP contribution < -0.4 is 4.72 Å². The second kappa shape index (κ2) is 5.61. The number of hydrogen-bond donors (Lipinski definition) is 2. The van der Waals surface area contributed by atoms with Crippen LogP contribution in [-0.2, 0) is 16.6 Å². The van der Waals surface area contributed by atoms with Crippen LogP contribution in [0, 0.1) is 34.6 Å². The predicted molar refractivity (Wildman–Crippen MR) is 82.7 cm³/mol. The maximum Gasteiger partial charge on any atom is 0.241 e. The molecule has 0 saturated carbocycles. The van der Waals surface area contributed by atoms with E-state index in [4.69, 9.17) is 0 Å². The van der Waals surface area contributed by atoms with Gasteiger partial charge >= 0.3 is 0 Å². The van der Waals surface area contributed by atoms with E-state index in [1.54, 1.807) is 6.20 Å². The van der Waals surface area contributed by atoms with Crippen molar-refractivity contribution < 1.29 is 8.42 Å². The van der Waals surface area contributed by atoms with Gasteiger partial charge in [0.1, 0.15) is 0 Å². The summed E-state index contributed by atoms with van der Waals surface area (Å²) in [6.45, 7) is 9.88. The van der Waals surface area contributed by atoms with Crippen molar-refractivity contribution in [1.29, 1.82) is 0 Å². The van der Waals surface area contributed by atoms with E-state index >= 15 is 0 Å². The maximum atomic E-state index is 12.6. The fourth-order valence-electron chi connectivity index (χ4n) is 2.49. The van der Waals surface area contributed by atoms with Gasteiger partial charge in [0.2, 0.25) is 10.0 Å². The van der Waals surface area contributed by atoms with Gasteiger partial charge in [-0.3, -0.25) is 0 Å². The molecule has 0 radical (unpaired) electrons. The van der Waals surface area contributed by atoms with E-state index in [-0.39, 0.29) is 6.54 Å². The van der Waals surface area contributed by atoms with Gasteiger partial charge < -0.3 is 4.98 Å². The molecule has 1 heterocycles. The number of nitrogens with zero attached hydrogens (tertiary/aromatic N) is 1. The number of aromatic amines is 1. The van der Waals surface area contributed by atoms with Crippen LogP contribution in [0.3, 0.4) is 0 Å². The van der Waals surface area contributed by atoms with Crippen molar-refractivity contribution in [1.82, 2.24) is 14.7 Å². The van der Waals surface area contributed by atoms with Crippen molar-refractivity contribution >= 4 is 10.0 Å². The molecule has 1 aromatic carbocycles. The summed E-state index contributed by atoms with van der Waals surface area (Å²) in [5.41, 5.74) is 5.56. The molecule has 114 valence electrons. The van der Waals surface area contributed by atoms with Crippen LogP contribution in [0.4, 0.5) is 0 Å². The molecule has 0 amide bonds. The summed E-state index contributed by atoms with van der Waals surface area (Å²) in [7, 11) is -3.56. The van der Waals surface area contributed by atoms with Gasteiger partial charge in [0, 0.05) is 11.9 Å². The smallest absolute Gasteiger partial charge is 0.241 e. The highest BCUT2D eigenvalue weighted by atomic mass is 32.2. The highest BCUT2D eigenvalue weighted by Crippen LogP contribution is 2.29. The zero-order valence-electron chi connectivity index (χ0n) is 13.0. The summed E-state index contributed by atoms with van der Waals surface area (Å²) in [5.74, 6) is 0. The summed E-state index contributed by atoms with van der Waals surface area (Å²) >= 11 is 0. The first-order chi connectivity index (χ1) is 9.75. The number of hydrogen-bond acceptors (Lipinski definition) is 3. The van der Waals surface area contributed by atoms with Gasteiger partial charge in [-0.15, -0.1) is 0 Å². The molecule has 0 atom stereocenters. The quantitative estimate of drug-likeness (QED) is 0.911. The Kier molecular flexibility index (Phi) is 4.20. The molecule has 0 bridgehead atoms. The molecule has 0 saturated heterocycles. The number of imidazole rings is 1. The van der Waals surface area contributed by atoms with Crippen LogP contribution in [0.15, 0.2) is 17.4 Å². The van der Waals surface area contributed by atoms with Crippen molar-refractivity contribution in [2.75, 3.05) is 0 Å². The van der Waals surface area contributed by atoms with Crippen molar-refractivity contribution in [3.05, 3.63) is 46.0 Å². The van der Waals surface area contributed by atoms with E-state index in [0.717, 1.165) is 33.5 Å². The van der Waals surface area contributed by atoms with Crippen LogP contribution in [0.25, 0.3) is 0 Å². The summed E-state index contributed by atoms with van der Waals surface area (Å²) in [6.07, 6.45) is 3.13. The van der Waals surface area contributed by atoms with E-state index in [2.05, 4.69) is 14.7 Å². The highest BCUT2D eigenvalue weighted by molar-refractivity contribution is 7.89. The molecule has 2 N–H and O–H groups in total. The molecular weight excluding hydrogens is 286 g/mol. The third-order valence-corrected chi connectivity index (χ3v) is 5.88. The molecule has 0 aliphatic rings. The van der Waals surface area contributed by atoms with E-state index in [9.17, 15) is 8.42 Å². The fraction of sp³-hybridized carbons (Fsp3) is 0.400. The molecule has 2 rings (SSSR count). The standard InChI is InChI=1S/C15H21N3O2S/c1-9-10(2)12(4)15(13(5)11(9)3)21(19,20)18-7-14-6-16-8-17-14/h6,8,18H,7H2,1-5H3,(H,16,17). The minimum Gasteiger partial charge on any atom is -0.347 e. The van der Waals surface area contributed by atoms with Crippen molar-refractivity contribution in [2.24, 2.45) is 0 Å². The molecule has 6 heteroatoms. The number of rotatable bonds is 4. The predicted octanol–water partition coefficient (Wildman–Crippen LogP) is 2.43. The van der Waals surface area contributed by atoms with Crippen molar-refractivity contribution in [2.45, 2.75) is 46.1 Å². The monoisotopic (exact) mass is 307 g/mol. The van der Waals surface area contributed by atoms with E-state index in [0.29, 0.717) is 4.90 Å². The summed E-state index contributed by atoms with van der Waals surface area (Å²) in [5, 5.41) is 0. The van der Waals surface area contributed by atoms with Gasteiger partial charge in [0.05, 0.1) is 17.8 Å². The van der Waals surface area contributed by atoms with E-state index in [1.807, 2.05) is 34.6 Å². The lowest BCUT2D eigenvalue weighted by molar-refractivity contribution is 0.579. The van der Waals surface area contributed by atoms with Crippen LogP contribution in [0.2, 0.25) is 0 Å². The lowest BCUT2D eigenvalue weighted by Crippen LogP contribution is -2.25. The van der Waals surface area contributed by atoms with Gasteiger partial charge in [-0.05, 0) is 62.4 Å². The summed E-state index contributed by atoms with van der Waals surface area (Å²) in [4.78, 5) is 7.16. The van der Waals surface area contributed by atoms with Crippen molar-refractivity contribution in [3.63, 3.8) is 0 Å². The number of H-pyrrole nitrogens is 1. The van der Waals surface area contributed by atoms with Crippen LogP contribution >= 0.6 is 0 Å². The number of aromatic nitrogens is 2. The Bertz CT molecular complexity index is 734. The third-order valence-electron chi connectivity index (χ3n) is 4.21. The lowest BCUT2D eigenvalue weighted by atomic mass is 9.95. The highest BCUT2D eigenvalue weighted by Gasteiger charge is 2.23. The Labute approximate surface area is 125 Å². The second-order valence-corrected chi connectivity index (χ2v) is 7.06. The zero-order valence-corrected chi connectivity index (χ0v) is 13.9. The van der Waals surface area contributed by atoms with Gasteiger partial charge in [-0.1, -0.05) is 0 Å². The largest absolute Gasteiger partial charge is 0.347 e. The molecule has 1 aromatic heterocycles. The SMILES string of the molecule is Cc1c(C)c(C)c(S(=O)(=O)NCc2cnc[nH]2)c(C)c1C. The Morgan fingerprint density at radius 3 is 2.00 bits per heavy atom. The summed E-state index contributed by atoms with van der Waals surface area (Å²) < 4.78 is 27.9. The minimum absolute atomic E-state index is 0.202. The average molecular weight is 307 g/mol. The Hall–Kier alpha value is -1.66. The molecular formula is C15H21N3O2S. The minimum atomic E-state index is -3.56. The first kappa shape index (κ1) is 15.7. The van der Waals surface area contributed by atoms with Crippen LogP contribution in [-0.4, -0.2) is 18.4 Å². The molecule has 0 unspecified atom stereocenters. The van der Waals surface area contributed by atoms with Gasteiger partial charge in [-0.2, -0.15) is 0 Å². The topological polar surface area (TPSA) is 74.8 Å². The first-order valence-corrected chi connectivity index (χ1v) is 8.28. The van der Waals surface area contributed by atoms with E-state index < -0.39 is 10.0 Å². The molecule has 0 aliphatic carbocycles. The average Bonchev–Trinajstić information content (AvgIpc) is 2.94. The van der Waals surface area contributed by atoms with Gasteiger partial charge in [-0.25, -0.2) is 18.1 Å². The van der Waals surface area contributed by atoms with Crippen LogP contribution in [0.5, 0.6) is 0 Å². The first-order valence-electron chi connectivity index (χ1n) is 6.79. The molecule has 0 spiro atoms. The summed E-state index contributed by atoms with van der Waals surface area (Å²) in [6, 6.07) is 0.